The third kappa shape index (κ3) is 4.66. The Hall–Kier alpha value is -3.51. The van der Waals surface area contributed by atoms with Crippen LogP contribution in [0, 0.1) is 0 Å². The molecule has 5 rings (SSSR count). The van der Waals surface area contributed by atoms with Crippen LogP contribution in [0.2, 0.25) is 0 Å². The Bertz CT molecular complexity index is 1210. The summed E-state index contributed by atoms with van der Waals surface area (Å²) in [6.07, 6.45) is 2.14. The lowest BCUT2D eigenvalue weighted by molar-refractivity contribution is 0.242. The van der Waals surface area contributed by atoms with Crippen molar-refractivity contribution in [1.29, 1.82) is 0 Å². The molecule has 1 aliphatic heterocycles. The Kier molecular flexibility index (Phi) is 5.92. The van der Waals surface area contributed by atoms with E-state index in [4.69, 9.17) is 15.5 Å². The minimum absolute atomic E-state index is 0.152. The number of rotatable bonds is 6. The molecule has 170 valence electrons. The summed E-state index contributed by atoms with van der Waals surface area (Å²) in [5.74, 6) is 0.875. The molecule has 6 nitrogen and oxygen atoms in total. The number of hydrogen-bond acceptors (Lipinski definition) is 5. The number of imidazole rings is 1. The van der Waals surface area contributed by atoms with Crippen molar-refractivity contribution < 1.29 is 4.74 Å². The van der Waals surface area contributed by atoms with Gasteiger partial charge in [0.25, 0.3) is 0 Å². The van der Waals surface area contributed by atoms with Crippen molar-refractivity contribution in [3.05, 3.63) is 78.6 Å². The van der Waals surface area contributed by atoms with Crippen LogP contribution in [-0.4, -0.2) is 46.6 Å². The topological polar surface area (TPSA) is 59.0 Å². The molecule has 1 fully saturated rings. The standard InChI is InChI=1S/C27H31N5O/c1-20(2)33-24-11-8-21(9-12-24)27-25(32-18-22(28)10-13-26(32)29-27)19-30-14-16-31(17-15-30)23-6-4-3-5-7-23/h3-13,18,20H,14-17,19,28H2,1-2H3. The normalized spacial score (nSPS) is 14.8. The first-order valence-electron chi connectivity index (χ1n) is 11.6. The maximum Gasteiger partial charge on any atom is 0.137 e. The molecule has 0 unspecified atom stereocenters. The van der Waals surface area contributed by atoms with E-state index in [-0.39, 0.29) is 6.10 Å². The fraction of sp³-hybridized carbons (Fsp3) is 0.296. The van der Waals surface area contributed by atoms with Crippen LogP contribution < -0.4 is 15.4 Å². The van der Waals surface area contributed by atoms with E-state index in [1.807, 2.05) is 44.3 Å². The third-order valence-electron chi connectivity index (χ3n) is 6.11. The molecule has 0 atom stereocenters. The summed E-state index contributed by atoms with van der Waals surface area (Å²) in [6, 6.07) is 22.8. The molecule has 4 aromatic rings. The molecule has 33 heavy (non-hydrogen) atoms. The van der Waals surface area contributed by atoms with Crippen molar-refractivity contribution in [3.63, 3.8) is 0 Å². The smallest absolute Gasteiger partial charge is 0.137 e. The summed E-state index contributed by atoms with van der Waals surface area (Å²) in [6.45, 7) is 8.94. The van der Waals surface area contributed by atoms with Crippen molar-refractivity contribution in [2.24, 2.45) is 0 Å². The molecule has 6 heteroatoms. The minimum atomic E-state index is 0.152. The average molecular weight is 442 g/mol. The van der Waals surface area contributed by atoms with Crippen LogP contribution in [0.25, 0.3) is 16.9 Å². The Balaban J connectivity index is 1.41. The van der Waals surface area contributed by atoms with Gasteiger partial charge in [0.05, 0.1) is 17.5 Å². The molecule has 1 saturated heterocycles. The summed E-state index contributed by atoms with van der Waals surface area (Å²) in [5, 5.41) is 0. The van der Waals surface area contributed by atoms with Gasteiger partial charge in [-0.05, 0) is 62.4 Å². The zero-order valence-corrected chi connectivity index (χ0v) is 19.3. The number of pyridine rings is 1. The number of benzene rings is 2. The number of para-hydroxylation sites is 1. The SMILES string of the molecule is CC(C)Oc1ccc(-c2nc3ccc(N)cn3c2CN2CCN(c3ccccc3)CC2)cc1. The second-order valence-electron chi connectivity index (χ2n) is 8.89. The molecule has 1 aliphatic rings. The molecule has 0 amide bonds. The highest BCUT2D eigenvalue weighted by Crippen LogP contribution is 2.29. The highest BCUT2D eigenvalue weighted by Gasteiger charge is 2.21. The number of nitrogens with zero attached hydrogens (tertiary/aromatic N) is 4. The van der Waals surface area contributed by atoms with Crippen molar-refractivity contribution in [3.8, 4) is 17.0 Å². The largest absolute Gasteiger partial charge is 0.491 e. The number of piperazine rings is 1. The number of anilines is 2. The lowest BCUT2D eigenvalue weighted by Gasteiger charge is -2.36. The lowest BCUT2D eigenvalue weighted by atomic mass is 10.1. The number of nitrogens with two attached hydrogens (primary N) is 1. The first kappa shape index (κ1) is 21.3. The van der Waals surface area contributed by atoms with Gasteiger partial charge in [-0.15, -0.1) is 0 Å². The molecule has 3 heterocycles. The van der Waals surface area contributed by atoms with Crippen LogP contribution in [0.1, 0.15) is 19.5 Å². The summed E-state index contributed by atoms with van der Waals surface area (Å²) in [4.78, 5) is 9.93. The molecule has 0 spiro atoms. The second-order valence-corrected chi connectivity index (χ2v) is 8.89. The van der Waals surface area contributed by atoms with Crippen LogP contribution in [-0.2, 0) is 6.54 Å². The van der Waals surface area contributed by atoms with Gasteiger partial charge in [0.15, 0.2) is 0 Å². The molecule has 2 aromatic heterocycles. The van der Waals surface area contributed by atoms with E-state index in [2.05, 4.69) is 56.7 Å². The van der Waals surface area contributed by atoms with Gasteiger partial charge in [0.2, 0.25) is 0 Å². The predicted octanol–water partition coefficient (Wildman–Crippen LogP) is 4.69. The summed E-state index contributed by atoms with van der Waals surface area (Å²) in [7, 11) is 0. The fourth-order valence-electron chi connectivity index (χ4n) is 4.47. The van der Waals surface area contributed by atoms with Crippen LogP contribution in [0.4, 0.5) is 11.4 Å². The number of aromatic nitrogens is 2. The molecule has 0 saturated carbocycles. The van der Waals surface area contributed by atoms with E-state index in [1.54, 1.807) is 0 Å². The van der Waals surface area contributed by atoms with Gasteiger partial charge in [-0.25, -0.2) is 4.98 Å². The van der Waals surface area contributed by atoms with Crippen LogP contribution in [0.15, 0.2) is 72.9 Å². The van der Waals surface area contributed by atoms with Crippen molar-refractivity contribution in [2.75, 3.05) is 36.8 Å². The average Bonchev–Trinajstić information content (AvgIpc) is 3.18. The maximum absolute atomic E-state index is 6.14. The minimum Gasteiger partial charge on any atom is -0.491 e. The Morgan fingerprint density at radius 3 is 2.33 bits per heavy atom. The van der Waals surface area contributed by atoms with E-state index < -0.39 is 0 Å². The number of hydrogen-bond donors (Lipinski definition) is 1. The quantitative estimate of drug-likeness (QED) is 0.470. The molecular weight excluding hydrogens is 410 g/mol. The molecular formula is C27H31N5O. The van der Waals surface area contributed by atoms with E-state index >= 15 is 0 Å². The van der Waals surface area contributed by atoms with Gasteiger partial charge in [-0.2, -0.15) is 0 Å². The molecule has 2 N–H and O–H groups in total. The lowest BCUT2D eigenvalue weighted by Crippen LogP contribution is -2.46. The molecule has 0 aliphatic carbocycles. The highest BCUT2D eigenvalue weighted by molar-refractivity contribution is 5.68. The summed E-state index contributed by atoms with van der Waals surface area (Å²) < 4.78 is 7.97. The van der Waals surface area contributed by atoms with E-state index in [0.717, 1.165) is 61.1 Å². The van der Waals surface area contributed by atoms with E-state index in [9.17, 15) is 0 Å². The maximum atomic E-state index is 6.14. The van der Waals surface area contributed by atoms with Gasteiger partial charge in [0.1, 0.15) is 11.4 Å². The van der Waals surface area contributed by atoms with E-state index in [0.29, 0.717) is 0 Å². The van der Waals surface area contributed by atoms with Gasteiger partial charge < -0.3 is 19.8 Å². The second kappa shape index (κ2) is 9.16. The number of fused-ring (bicyclic) bond motifs is 1. The van der Waals surface area contributed by atoms with Gasteiger partial charge in [-0.1, -0.05) is 18.2 Å². The van der Waals surface area contributed by atoms with Crippen molar-refractivity contribution in [2.45, 2.75) is 26.5 Å². The molecule has 2 aromatic carbocycles. The van der Waals surface area contributed by atoms with Gasteiger partial charge >= 0.3 is 0 Å². The van der Waals surface area contributed by atoms with Crippen molar-refractivity contribution >= 4 is 17.0 Å². The fourth-order valence-corrected chi connectivity index (χ4v) is 4.47. The summed E-state index contributed by atoms with van der Waals surface area (Å²) >= 11 is 0. The molecule has 0 bridgehead atoms. The van der Waals surface area contributed by atoms with Crippen LogP contribution in [0.5, 0.6) is 5.75 Å². The first-order chi connectivity index (χ1) is 16.1. The third-order valence-corrected chi connectivity index (χ3v) is 6.11. The summed E-state index contributed by atoms with van der Waals surface area (Å²) in [5.41, 5.74) is 12.3. The molecule has 0 radical (unpaired) electrons. The van der Waals surface area contributed by atoms with Gasteiger partial charge in [0, 0.05) is 55.9 Å². The van der Waals surface area contributed by atoms with Gasteiger partial charge in [-0.3, -0.25) is 4.90 Å². The number of nitrogen functional groups attached to an aromatic ring is 1. The first-order valence-corrected chi connectivity index (χ1v) is 11.6. The monoisotopic (exact) mass is 441 g/mol. The van der Waals surface area contributed by atoms with E-state index in [1.165, 1.54) is 11.4 Å². The Morgan fingerprint density at radius 1 is 0.909 bits per heavy atom. The Morgan fingerprint density at radius 2 is 1.64 bits per heavy atom. The number of ether oxygens (including phenoxy) is 1. The van der Waals surface area contributed by atoms with Crippen LogP contribution in [0.3, 0.4) is 0 Å². The zero-order valence-electron chi connectivity index (χ0n) is 19.3. The highest BCUT2D eigenvalue weighted by atomic mass is 16.5. The van der Waals surface area contributed by atoms with Crippen LogP contribution >= 0.6 is 0 Å². The van der Waals surface area contributed by atoms with Crippen molar-refractivity contribution in [1.82, 2.24) is 14.3 Å². The zero-order chi connectivity index (χ0) is 22.8. The Labute approximate surface area is 195 Å². The predicted molar refractivity (Wildman–Crippen MR) is 135 cm³/mol.